The Bertz CT molecular complexity index is 1200. The van der Waals surface area contributed by atoms with Crippen molar-refractivity contribution < 1.29 is 4.79 Å². The number of carbonyl (C=O) groups excluding carboxylic acids is 1. The highest BCUT2D eigenvalue weighted by atomic mass is 32.2. The van der Waals surface area contributed by atoms with Gasteiger partial charge in [-0.15, -0.1) is 0 Å². The highest BCUT2D eigenvalue weighted by Gasteiger charge is 2.23. The third-order valence-electron chi connectivity index (χ3n) is 4.86. The molecule has 4 heterocycles. The number of carbonyl (C=O) groups is 1. The molecule has 1 aliphatic heterocycles. The second-order valence-electron chi connectivity index (χ2n) is 6.66. The normalized spacial score (nSPS) is 12.9. The second-order valence-corrected chi connectivity index (χ2v) is 7.64. The second kappa shape index (κ2) is 6.76. The summed E-state index contributed by atoms with van der Waals surface area (Å²) in [5, 5.41) is 8.43. The van der Waals surface area contributed by atoms with Crippen molar-refractivity contribution in [3.63, 3.8) is 0 Å². The molecule has 6 nitrogen and oxygen atoms in total. The summed E-state index contributed by atoms with van der Waals surface area (Å²) in [5.41, 5.74) is 5.14. The van der Waals surface area contributed by atoms with Crippen LogP contribution >= 0.6 is 11.8 Å². The molecule has 3 aromatic heterocycles. The van der Waals surface area contributed by atoms with Gasteiger partial charge in [0, 0.05) is 47.5 Å². The maximum absolute atomic E-state index is 13.3. The quantitative estimate of drug-likeness (QED) is 0.575. The Morgan fingerprint density at radius 1 is 1.18 bits per heavy atom. The van der Waals surface area contributed by atoms with Gasteiger partial charge in [0.05, 0.1) is 22.5 Å². The van der Waals surface area contributed by atoms with Crippen molar-refractivity contribution in [2.45, 2.75) is 11.5 Å². The number of aromatic nitrogens is 4. The molecule has 0 saturated carbocycles. The van der Waals surface area contributed by atoms with Gasteiger partial charge in [0.15, 0.2) is 0 Å². The minimum atomic E-state index is -0.161. The van der Waals surface area contributed by atoms with Crippen LogP contribution in [0.25, 0.3) is 22.2 Å². The Morgan fingerprint density at radius 3 is 2.93 bits per heavy atom. The first kappa shape index (κ1) is 16.9. The van der Waals surface area contributed by atoms with Crippen LogP contribution in [0.4, 0.5) is 5.82 Å². The number of hydrogen-bond donors (Lipinski definition) is 1. The van der Waals surface area contributed by atoms with Gasteiger partial charge >= 0.3 is 0 Å². The van der Waals surface area contributed by atoms with E-state index in [0.29, 0.717) is 5.56 Å². The number of nitrogens with one attached hydrogen (secondary N) is 1. The van der Waals surface area contributed by atoms with Crippen molar-refractivity contribution in [2.24, 2.45) is 7.05 Å². The van der Waals surface area contributed by atoms with E-state index in [1.54, 1.807) is 17.1 Å². The fraction of sp³-hybridized carbons (Fsp3) is 0.143. The predicted molar refractivity (Wildman–Crippen MR) is 111 cm³/mol. The molecule has 0 atom stereocenters. The van der Waals surface area contributed by atoms with E-state index in [1.807, 2.05) is 61.3 Å². The number of anilines is 1. The van der Waals surface area contributed by atoms with Gasteiger partial charge < -0.3 is 5.32 Å². The van der Waals surface area contributed by atoms with Crippen LogP contribution in [0.5, 0.6) is 0 Å². The summed E-state index contributed by atoms with van der Waals surface area (Å²) in [6.07, 6.45) is 3.48. The van der Waals surface area contributed by atoms with E-state index < -0.39 is 0 Å². The number of fused-ring (bicyclic) bond motifs is 2. The molecule has 0 fully saturated rings. The summed E-state index contributed by atoms with van der Waals surface area (Å²) >= 11 is 1.81. The van der Waals surface area contributed by atoms with Crippen molar-refractivity contribution in [3.05, 3.63) is 71.7 Å². The summed E-state index contributed by atoms with van der Waals surface area (Å²) < 4.78 is 1.76. The molecule has 1 amide bonds. The van der Waals surface area contributed by atoms with E-state index in [4.69, 9.17) is 4.98 Å². The van der Waals surface area contributed by atoms with Gasteiger partial charge in [0.2, 0.25) is 0 Å². The average molecular weight is 387 g/mol. The third kappa shape index (κ3) is 2.84. The SMILES string of the molecule is Cn1nc2c(c1NC(=O)c1cc(-c3cccnc3)nc3ccccc13)CSC2. The van der Waals surface area contributed by atoms with E-state index in [0.717, 1.165) is 50.7 Å². The van der Waals surface area contributed by atoms with E-state index in [1.165, 1.54) is 0 Å². The van der Waals surface area contributed by atoms with Gasteiger partial charge in [-0.1, -0.05) is 18.2 Å². The van der Waals surface area contributed by atoms with Gasteiger partial charge in [-0.05, 0) is 24.3 Å². The molecule has 4 aromatic rings. The fourth-order valence-electron chi connectivity index (χ4n) is 3.50. The lowest BCUT2D eigenvalue weighted by Gasteiger charge is -2.11. The van der Waals surface area contributed by atoms with Crippen molar-refractivity contribution in [3.8, 4) is 11.3 Å². The smallest absolute Gasteiger partial charge is 0.257 e. The Labute approximate surface area is 166 Å². The van der Waals surface area contributed by atoms with E-state index >= 15 is 0 Å². The average Bonchev–Trinajstić information content (AvgIpc) is 3.30. The van der Waals surface area contributed by atoms with Crippen molar-refractivity contribution in [1.82, 2.24) is 19.7 Å². The molecule has 1 N–H and O–H groups in total. The molecule has 138 valence electrons. The van der Waals surface area contributed by atoms with Crippen LogP contribution in [0.1, 0.15) is 21.6 Å². The summed E-state index contributed by atoms with van der Waals surface area (Å²) in [6.45, 7) is 0. The highest BCUT2D eigenvalue weighted by Crippen LogP contribution is 2.34. The third-order valence-corrected chi connectivity index (χ3v) is 5.83. The Morgan fingerprint density at radius 2 is 2.07 bits per heavy atom. The number of hydrogen-bond acceptors (Lipinski definition) is 5. The monoisotopic (exact) mass is 387 g/mol. The van der Waals surface area contributed by atoms with Gasteiger partial charge in [-0.2, -0.15) is 16.9 Å². The molecule has 1 aliphatic rings. The Kier molecular flexibility index (Phi) is 4.09. The molecule has 5 rings (SSSR count). The summed E-state index contributed by atoms with van der Waals surface area (Å²) in [5.74, 6) is 2.37. The topological polar surface area (TPSA) is 72.7 Å². The maximum atomic E-state index is 13.3. The van der Waals surface area contributed by atoms with Gasteiger partial charge in [0.25, 0.3) is 5.91 Å². The minimum absolute atomic E-state index is 0.161. The minimum Gasteiger partial charge on any atom is -0.306 e. The summed E-state index contributed by atoms with van der Waals surface area (Å²) in [6, 6.07) is 13.3. The number of amides is 1. The predicted octanol–water partition coefficient (Wildman–Crippen LogP) is 4.03. The van der Waals surface area contributed by atoms with Crippen LogP contribution in [0, 0.1) is 0 Å². The largest absolute Gasteiger partial charge is 0.306 e. The lowest BCUT2D eigenvalue weighted by atomic mass is 10.0. The molecule has 0 saturated heterocycles. The van der Waals surface area contributed by atoms with Crippen molar-refractivity contribution in [1.29, 1.82) is 0 Å². The van der Waals surface area contributed by atoms with E-state index in [-0.39, 0.29) is 5.91 Å². The number of pyridine rings is 2. The van der Waals surface area contributed by atoms with Crippen molar-refractivity contribution >= 4 is 34.4 Å². The Balaban J connectivity index is 1.61. The van der Waals surface area contributed by atoms with E-state index in [2.05, 4.69) is 15.4 Å². The fourth-order valence-corrected chi connectivity index (χ4v) is 4.53. The molecule has 0 spiro atoms. The van der Waals surface area contributed by atoms with Crippen LogP contribution in [-0.2, 0) is 18.6 Å². The standard InChI is InChI=1S/C21H17N5OS/c1-26-20(16-11-28-12-19(16)25-26)24-21(27)15-9-18(13-5-4-8-22-10-13)23-17-7-3-2-6-14(15)17/h2-10H,11-12H2,1H3,(H,24,27). The zero-order valence-corrected chi connectivity index (χ0v) is 16.0. The van der Waals surface area contributed by atoms with E-state index in [9.17, 15) is 4.79 Å². The van der Waals surface area contributed by atoms with Gasteiger partial charge in [-0.3, -0.25) is 14.5 Å². The lowest BCUT2D eigenvalue weighted by molar-refractivity contribution is 0.102. The number of thioether (sulfide) groups is 1. The molecule has 0 unspecified atom stereocenters. The molecule has 0 bridgehead atoms. The van der Waals surface area contributed by atoms with Crippen LogP contribution < -0.4 is 5.32 Å². The molecule has 0 aliphatic carbocycles. The molecule has 1 aromatic carbocycles. The van der Waals surface area contributed by atoms with Crippen LogP contribution in [0.2, 0.25) is 0 Å². The van der Waals surface area contributed by atoms with Gasteiger partial charge in [0.1, 0.15) is 5.82 Å². The molecule has 0 radical (unpaired) electrons. The number of rotatable bonds is 3. The number of aryl methyl sites for hydroxylation is 1. The number of para-hydroxylation sites is 1. The van der Waals surface area contributed by atoms with Crippen LogP contribution in [0.15, 0.2) is 54.9 Å². The van der Waals surface area contributed by atoms with Crippen molar-refractivity contribution in [2.75, 3.05) is 5.32 Å². The van der Waals surface area contributed by atoms with Crippen LogP contribution in [-0.4, -0.2) is 25.7 Å². The summed E-state index contributed by atoms with van der Waals surface area (Å²) in [4.78, 5) is 22.2. The lowest BCUT2D eigenvalue weighted by Crippen LogP contribution is -2.16. The first-order chi connectivity index (χ1) is 13.7. The maximum Gasteiger partial charge on any atom is 0.257 e. The van der Waals surface area contributed by atoms with Crippen LogP contribution in [0.3, 0.4) is 0 Å². The summed E-state index contributed by atoms with van der Waals surface area (Å²) in [7, 11) is 1.87. The highest BCUT2D eigenvalue weighted by molar-refractivity contribution is 7.98. The molecular formula is C21H17N5OS. The number of nitrogens with zero attached hydrogens (tertiary/aromatic N) is 4. The molecule has 7 heteroatoms. The molecular weight excluding hydrogens is 370 g/mol. The zero-order valence-electron chi connectivity index (χ0n) is 15.2. The van der Waals surface area contributed by atoms with Gasteiger partial charge in [-0.25, -0.2) is 4.98 Å². The number of benzene rings is 1. The first-order valence-electron chi connectivity index (χ1n) is 8.95. The Hall–Kier alpha value is -3.19. The zero-order chi connectivity index (χ0) is 19.1. The molecule has 28 heavy (non-hydrogen) atoms. The first-order valence-corrected chi connectivity index (χ1v) is 10.1.